The van der Waals surface area contributed by atoms with Crippen molar-refractivity contribution in [3.8, 4) is 0 Å². The molecule has 1 saturated heterocycles. The molecule has 1 aromatic rings. The molecule has 0 amide bonds. The summed E-state index contributed by atoms with van der Waals surface area (Å²) in [5.74, 6) is 0.308. The number of imidazole rings is 1. The lowest BCUT2D eigenvalue weighted by Gasteiger charge is -2.24. The maximum Gasteiger partial charge on any atom is 0.260 e. The van der Waals surface area contributed by atoms with Crippen LogP contribution in [0, 0.1) is 5.92 Å². The molecule has 90 valence electrons. The fraction of sp³-hybridized carbons (Fsp3) is 0.667. The number of nitrogens with two attached hydrogens (primary N) is 1. The van der Waals surface area contributed by atoms with Crippen LogP contribution < -0.4 is 5.73 Å². The van der Waals surface area contributed by atoms with Crippen molar-refractivity contribution in [2.45, 2.75) is 24.4 Å². The van der Waals surface area contributed by atoms with E-state index in [-0.39, 0.29) is 11.1 Å². The van der Waals surface area contributed by atoms with Crippen molar-refractivity contribution in [2.24, 2.45) is 11.7 Å². The third-order valence-electron chi connectivity index (χ3n) is 3.13. The minimum absolute atomic E-state index is 0.103. The van der Waals surface area contributed by atoms with E-state index >= 15 is 0 Å². The maximum atomic E-state index is 12.2. The minimum Gasteiger partial charge on any atom is -0.335 e. The van der Waals surface area contributed by atoms with E-state index in [1.54, 1.807) is 0 Å². The van der Waals surface area contributed by atoms with Gasteiger partial charge in [0, 0.05) is 19.1 Å². The summed E-state index contributed by atoms with van der Waals surface area (Å²) < 4.78 is 25.9. The highest BCUT2D eigenvalue weighted by Gasteiger charge is 2.39. The first-order valence-corrected chi connectivity index (χ1v) is 6.71. The largest absolute Gasteiger partial charge is 0.335 e. The molecule has 0 aromatic carbocycles. The van der Waals surface area contributed by atoms with E-state index in [4.69, 9.17) is 5.73 Å². The second-order valence-electron chi connectivity index (χ2n) is 4.10. The standard InChI is InChI=1S/C9H16N4O2S/c1-7-2-3-13(8(7)4-10)16(14,15)9-5-11-6-12-9/h5-8H,2-4,10H2,1H3,(H,11,12). The van der Waals surface area contributed by atoms with Gasteiger partial charge in [0.25, 0.3) is 10.0 Å². The maximum absolute atomic E-state index is 12.2. The minimum atomic E-state index is -3.45. The molecule has 6 nitrogen and oxygen atoms in total. The number of nitrogens with one attached hydrogen (secondary N) is 1. The molecule has 1 aliphatic rings. The normalized spacial score (nSPS) is 27.4. The quantitative estimate of drug-likeness (QED) is 0.768. The van der Waals surface area contributed by atoms with Gasteiger partial charge in [-0.05, 0) is 12.3 Å². The molecular formula is C9H16N4O2S. The van der Waals surface area contributed by atoms with Gasteiger partial charge < -0.3 is 10.7 Å². The summed E-state index contributed by atoms with van der Waals surface area (Å²) in [7, 11) is -3.45. The van der Waals surface area contributed by atoms with E-state index in [0.29, 0.717) is 19.0 Å². The fourth-order valence-electron chi connectivity index (χ4n) is 2.13. The molecule has 0 bridgehead atoms. The third kappa shape index (κ3) is 1.74. The molecule has 7 heteroatoms. The average Bonchev–Trinajstić information content (AvgIpc) is 2.85. The van der Waals surface area contributed by atoms with E-state index in [9.17, 15) is 8.42 Å². The first kappa shape index (κ1) is 11.6. The molecule has 2 atom stereocenters. The molecule has 2 unspecified atom stereocenters. The Balaban J connectivity index is 2.32. The van der Waals surface area contributed by atoms with Crippen LogP contribution in [0.3, 0.4) is 0 Å². The Bertz CT molecular complexity index is 442. The predicted molar refractivity (Wildman–Crippen MR) is 59.1 cm³/mol. The molecule has 0 radical (unpaired) electrons. The van der Waals surface area contributed by atoms with Gasteiger partial charge in [-0.2, -0.15) is 4.31 Å². The summed E-state index contributed by atoms with van der Waals surface area (Å²) in [4.78, 5) is 6.37. The highest BCUT2D eigenvalue weighted by molar-refractivity contribution is 7.89. The summed E-state index contributed by atoms with van der Waals surface area (Å²) in [5.41, 5.74) is 5.63. The van der Waals surface area contributed by atoms with Gasteiger partial charge >= 0.3 is 0 Å². The van der Waals surface area contributed by atoms with Crippen LogP contribution in [0.25, 0.3) is 0 Å². The fourth-order valence-corrected chi connectivity index (χ4v) is 3.78. The number of aromatic amines is 1. The highest BCUT2D eigenvalue weighted by atomic mass is 32.2. The van der Waals surface area contributed by atoms with E-state index < -0.39 is 10.0 Å². The van der Waals surface area contributed by atoms with Crippen molar-refractivity contribution in [3.05, 3.63) is 12.5 Å². The Kier molecular flexibility index (Phi) is 3.00. The van der Waals surface area contributed by atoms with Crippen LogP contribution in [0.5, 0.6) is 0 Å². The number of hydrogen-bond acceptors (Lipinski definition) is 4. The third-order valence-corrected chi connectivity index (χ3v) is 4.98. The molecule has 1 fully saturated rings. The molecule has 0 saturated carbocycles. The van der Waals surface area contributed by atoms with Gasteiger partial charge in [-0.1, -0.05) is 6.92 Å². The lowest BCUT2D eigenvalue weighted by atomic mass is 10.0. The molecule has 0 spiro atoms. The second-order valence-corrected chi connectivity index (χ2v) is 5.96. The number of H-pyrrole nitrogens is 1. The molecule has 1 aliphatic heterocycles. The van der Waals surface area contributed by atoms with Crippen molar-refractivity contribution >= 4 is 10.0 Å². The number of sulfonamides is 1. The van der Waals surface area contributed by atoms with Crippen molar-refractivity contribution in [2.75, 3.05) is 13.1 Å². The summed E-state index contributed by atoms with van der Waals surface area (Å²) >= 11 is 0. The van der Waals surface area contributed by atoms with E-state index in [1.165, 1.54) is 16.8 Å². The molecule has 2 heterocycles. The van der Waals surface area contributed by atoms with E-state index in [1.807, 2.05) is 6.92 Å². The summed E-state index contributed by atoms with van der Waals surface area (Å²) in [6.07, 6.45) is 3.55. The molecule has 1 aromatic heterocycles. The van der Waals surface area contributed by atoms with Crippen molar-refractivity contribution in [3.63, 3.8) is 0 Å². The lowest BCUT2D eigenvalue weighted by Crippen LogP contribution is -2.42. The molecule has 0 aliphatic carbocycles. The van der Waals surface area contributed by atoms with Crippen molar-refractivity contribution in [1.29, 1.82) is 0 Å². The number of nitrogens with zero attached hydrogens (tertiary/aromatic N) is 2. The van der Waals surface area contributed by atoms with Crippen LogP contribution in [0.1, 0.15) is 13.3 Å². The average molecular weight is 244 g/mol. The van der Waals surface area contributed by atoms with Crippen LogP contribution >= 0.6 is 0 Å². The van der Waals surface area contributed by atoms with Gasteiger partial charge in [0.2, 0.25) is 0 Å². The predicted octanol–water partition coefficient (Wildman–Crippen LogP) is -0.232. The zero-order chi connectivity index (χ0) is 11.8. The van der Waals surface area contributed by atoms with Crippen LogP contribution in [0.4, 0.5) is 0 Å². The Morgan fingerprint density at radius 1 is 1.69 bits per heavy atom. The molecule has 2 rings (SSSR count). The second kappa shape index (κ2) is 4.15. The number of aromatic nitrogens is 2. The Hall–Kier alpha value is -0.920. The Labute approximate surface area is 94.9 Å². The summed E-state index contributed by atoms with van der Waals surface area (Å²) in [6, 6.07) is -0.103. The number of hydrogen-bond donors (Lipinski definition) is 2. The number of rotatable bonds is 3. The Morgan fingerprint density at radius 2 is 2.44 bits per heavy atom. The summed E-state index contributed by atoms with van der Waals surface area (Å²) in [6.45, 7) is 2.92. The summed E-state index contributed by atoms with van der Waals surface area (Å²) in [5, 5.41) is 0.139. The SMILES string of the molecule is CC1CCN(S(=O)(=O)c2cnc[nH]2)C1CN. The molecule has 16 heavy (non-hydrogen) atoms. The van der Waals surface area contributed by atoms with Gasteiger partial charge in [0.05, 0.1) is 12.5 Å². The monoisotopic (exact) mass is 244 g/mol. The van der Waals surface area contributed by atoms with Gasteiger partial charge in [0.1, 0.15) is 0 Å². The van der Waals surface area contributed by atoms with Crippen LogP contribution in [0.2, 0.25) is 0 Å². The Morgan fingerprint density at radius 3 is 3.00 bits per heavy atom. The first-order valence-electron chi connectivity index (χ1n) is 5.27. The topological polar surface area (TPSA) is 92.1 Å². The van der Waals surface area contributed by atoms with Gasteiger partial charge in [-0.25, -0.2) is 13.4 Å². The van der Waals surface area contributed by atoms with E-state index in [0.717, 1.165) is 6.42 Å². The first-order chi connectivity index (χ1) is 7.57. The van der Waals surface area contributed by atoms with Gasteiger partial charge in [0.15, 0.2) is 5.03 Å². The van der Waals surface area contributed by atoms with Crippen molar-refractivity contribution in [1.82, 2.24) is 14.3 Å². The zero-order valence-corrected chi connectivity index (χ0v) is 9.94. The molecule has 3 N–H and O–H groups in total. The van der Waals surface area contributed by atoms with Crippen LogP contribution in [0.15, 0.2) is 17.6 Å². The van der Waals surface area contributed by atoms with E-state index in [2.05, 4.69) is 9.97 Å². The van der Waals surface area contributed by atoms with Gasteiger partial charge in [-0.15, -0.1) is 0 Å². The van der Waals surface area contributed by atoms with Crippen molar-refractivity contribution < 1.29 is 8.42 Å². The lowest BCUT2D eigenvalue weighted by molar-refractivity contribution is 0.353. The molecular weight excluding hydrogens is 228 g/mol. The van der Waals surface area contributed by atoms with Crippen LogP contribution in [-0.2, 0) is 10.0 Å². The highest BCUT2D eigenvalue weighted by Crippen LogP contribution is 2.28. The van der Waals surface area contributed by atoms with Gasteiger partial charge in [-0.3, -0.25) is 0 Å². The zero-order valence-electron chi connectivity index (χ0n) is 9.13. The van der Waals surface area contributed by atoms with Crippen LogP contribution in [-0.4, -0.2) is 41.8 Å². The smallest absolute Gasteiger partial charge is 0.260 e.